The van der Waals surface area contributed by atoms with Gasteiger partial charge in [0, 0.05) is 24.5 Å². The SMILES string of the molecule is Cl.Cl.O=C(CCC1CCNCC1)N1CCOC(c2nccs2)C1. The van der Waals surface area contributed by atoms with Crippen molar-refractivity contribution in [2.24, 2.45) is 5.92 Å². The zero-order valence-electron chi connectivity index (χ0n) is 13.1. The van der Waals surface area contributed by atoms with Crippen LogP contribution in [0.15, 0.2) is 11.6 Å². The molecule has 5 nitrogen and oxygen atoms in total. The molecule has 1 atom stereocenters. The maximum atomic E-state index is 12.4. The molecule has 8 heteroatoms. The van der Waals surface area contributed by atoms with E-state index in [9.17, 15) is 4.79 Å². The molecule has 1 N–H and O–H groups in total. The third-order valence-electron chi connectivity index (χ3n) is 4.37. The fourth-order valence-corrected chi connectivity index (χ4v) is 3.75. The first kappa shape index (κ1) is 20.6. The second kappa shape index (κ2) is 10.5. The van der Waals surface area contributed by atoms with Crippen LogP contribution in [0, 0.1) is 5.92 Å². The van der Waals surface area contributed by atoms with E-state index in [1.54, 1.807) is 17.5 Å². The van der Waals surface area contributed by atoms with Crippen molar-refractivity contribution in [2.75, 3.05) is 32.8 Å². The molecule has 132 valence electrons. The number of hydrogen-bond donors (Lipinski definition) is 1. The van der Waals surface area contributed by atoms with Crippen molar-refractivity contribution in [3.63, 3.8) is 0 Å². The Morgan fingerprint density at radius 3 is 2.87 bits per heavy atom. The number of morpholine rings is 1. The summed E-state index contributed by atoms with van der Waals surface area (Å²) in [7, 11) is 0. The summed E-state index contributed by atoms with van der Waals surface area (Å²) in [5.74, 6) is 0.990. The molecule has 1 aromatic rings. The summed E-state index contributed by atoms with van der Waals surface area (Å²) >= 11 is 1.60. The molecule has 2 fully saturated rings. The van der Waals surface area contributed by atoms with Gasteiger partial charge in [-0.05, 0) is 38.3 Å². The summed E-state index contributed by atoms with van der Waals surface area (Å²) in [6, 6.07) is 0. The molecular formula is C15H25Cl2N3O2S. The van der Waals surface area contributed by atoms with Crippen LogP contribution < -0.4 is 5.32 Å². The molecule has 0 aliphatic carbocycles. The van der Waals surface area contributed by atoms with E-state index in [1.165, 1.54) is 12.8 Å². The fraction of sp³-hybridized carbons (Fsp3) is 0.733. The first-order chi connectivity index (χ1) is 10.3. The maximum Gasteiger partial charge on any atom is 0.222 e. The Balaban J connectivity index is 0.00000132. The van der Waals surface area contributed by atoms with Crippen LogP contribution in [-0.4, -0.2) is 48.6 Å². The molecule has 0 saturated carbocycles. The summed E-state index contributed by atoms with van der Waals surface area (Å²) in [6.07, 6.45) is 5.87. The quantitative estimate of drug-likeness (QED) is 0.870. The van der Waals surface area contributed by atoms with E-state index in [1.807, 2.05) is 10.3 Å². The zero-order chi connectivity index (χ0) is 14.5. The lowest BCUT2D eigenvalue weighted by Gasteiger charge is -2.32. The van der Waals surface area contributed by atoms with Crippen LogP contribution >= 0.6 is 36.2 Å². The van der Waals surface area contributed by atoms with E-state index >= 15 is 0 Å². The number of amides is 1. The Morgan fingerprint density at radius 2 is 2.17 bits per heavy atom. The Kier molecular flexibility index (Phi) is 9.39. The Bertz CT molecular complexity index is 456. The summed E-state index contributed by atoms with van der Waals surface area (Å²) in [5.41, 5.74) is 0. The molecule has 0 radical (unpaired) electrons. The number of thiazole rings is 1. The predicted octanol–water partition coefficient (Wildman–Crippen LogP) is 2.67. The normalized spacial score (nSPS) is 22.1. The molecule has 2 aliphatic heterocycles. The molecule has 2 aliphatic rings. The second-order valence-electron chi connectivity index (χ2n) is 5.80. The fourth-order valence-electron chi connectivity index (χ4n) is 3.07. The minimum Gasteiger partial charge on any atom is -0.367 e. The molecule has 3 rings (SSSR count). The van der Waals surface area contributed by atoms with E-state index in [0.29, 0.717) is 32.0 Å². The van der Waals surface area contributed by atoms with Crippen molar-refractivity contribution in [3.8, 4) is 0 Å². The third-order valence-corrected chi connectivity index (χ3v) is 5.24. The number of ether oxygens (including phenoxy) is 1. The highest BCUT2D eigenvalue weighted by atomic mass is 35.5. The molecule has 0 aromatic carbocycles. The number of hydrogen-bond acceptors (Lipinski definition) is 5. The smallest absolute Gasteiger partial charge is 0.222 e. The van der Waals surface area contributed by atoms with Crippen LogP contribution in [0.3, 0.4) is 0 Å². The van der Waals surface area contributed by atoms with Gasteiger partial charge in [-0.2, -0.15) is 0 Å². The summed E-state index contributed by atoms with van der Waals surface area (Å²) < 4.78 is 5.74. The largest absolute Gasteiger partial charge is 0.367 e. The molecule has 1 aromatic heterocycles. The number of halogens is 2. The average molecular weight is 382 g/mol. The van der Waals surface area contributed by atoms with Crippen molar-refractivity contribution in [2.45, 2.75) is 31.8 Å². The van der Waals surface area contributed by atoms with Gasteiger partial charge in [0.15, 0.2) is 0 Å². The number of carbonyl (C=O) groups excluding carboxylic acids is 1. The van der Waals surface area contributed by atoms with Gasteiger partial charge in [0.1, 0.15) is 11.1 Å². The molecule has 2 saturated heterocycles. The Labute approximate surface area is 154 Å². The van der Waals surface area contributed by atoms with Gasteiger partial charge in [0.25, 0.3) is 0 Å². The number of nitrogens with zero attached hydrogens (tertiary/aromatic N) is 2. The third kappa shape index (κ3) is 5.87. The van der Waals surface area contributed by atoms with Gasteiger partial charge < -0.3 is 15.0 Å². The van der Waals surface area contributed by atoms with Crippen molar-refractivity contribution >= 4 is 42.1 Å². The molecule has 0 bridgehead atoms. The van der Waals surface area contributed by atoms with Crippen LogP contribution in [0.25, 0.3) is 0 Å². The standard InChI is InChI=1S/C15H23N3O2S.2ClH/c19-14(2-1-12-3-5-16-6-4-12)18-8-9-20-13(11-18)15-17-7-10-21-15;;/h7,10,12-13,16H,1-6,8-9,11H2;2*1H. The van der Waals surface area contributed by atoms with Crippen molar-refractivity contribution in [1.29, 1.82) is 0 Å². The van der Waals surface area contributed by atoms with Gasteiger partial charge in [0.05, 0.1) is 13.2 Å². The number of carbonyl (C=O) groups is 1. The first-order valence-corrected chi connectivity index (χ1v) is 8.70. The van der Waals surface area contributed by atoms with E-state index in [-0.39, 0.29) is 36.8 Å². The summed E-state index contributed by atoms with van der Waals surface area (Å²) in [6.45, 7) is 4.18. The molecule has 23 heavy (non-hydrogen) atoms. The first-order valence-electron chi connectivity index (χ1n) is 7.82. The van der Waals surface area contributed by atoms with Gasteiger partial charge >= 0.3 is 0 Å². The van der Waals surface area contributed by atoms with Crippen LogP contribution in [-0.2, 0) is 9.53 Å². The Hall–Kier alpha value is -0.400. The van der Waals surface area contributed by atoms with Gasteiger partial charge in [-0.1, -0.05) is 0 Å². The van der Waals surface area contributed by atoms with Crippen LogP contribution in [0.5, 0.6) is 0 Å². The number of rotatable bonds is 4. The van der Waals surface area contributed by atoms with E-state index in [4.69, 9.17) is 4.74 Å². The Morgan fingerprint density at radius 1 is 1.39 bits per heavy atom. The van der Waals surface area contributed by atoms with Gasteiger partial charge in [-0.15, -0.1) is 36.2 Å². The van der Waals surface area contributed by atoms with E-state index < -0.39 is 0 Å². The molecule has 1 unspecified atom stereocenters. The highest BCUT2D eigenvalue weighted by Gasteiger charge is 2.27. The van der Waals surface area contributed by atoms with Crippen LogP contribution in [0.2, 0.25) is 0 Å². The summed E-state index contributed by atoms with van der Waals surface area (Å²) in [5, 5.41) is 6.30. The zero-order valence-corrected chi connectivity index (χ0v) is 15.6. The lowest BCUT2D eigenvalue weighted by molar-refractivity contribution is -0.139. The lowest BCUT2D eigenvalue weighted by Crippen LogP contribution is -2.42. The number of nitrogens with one attached hydrogen (secondary N) is 1. The van der Waals surface area contributed by atoms with E-state index in [0.717, 1.165) is 24.5 Å². The minimum atomic E-state index is -0.0402. The highest BCUT2D eigenvalue weighted by Crippen LogP contribution is 2.25. The number of aromatic nitrogens is 1. The molecule has 1 amide bonds. The molecular weight excluding hydrogens is 357 g/mol. The molecule has 0 spiro atoms. The van der Waals surface area contributed by atoms with Gasteiger partial charge in [-0.3, -0.25) is 4.79 Å². The summed E-state index contributed by atoms with van der Waals surface area (Å²) in [4.78, 5) is 18.7. The second-order valence-corrected chi connectivity index (χ2v) is 6.73. The lowest BCUT2D eigenvalue weighted by atomic mass is 9.93. The number of piperidine rings is 1. The van der Waals surface area contributed by atoms with Crippen molar-refractivity contribution in [1.82, 2.24) is 15.2 Å². The minimum absolute atomic E-state index is 0. The van der Waals surface area contributed by atoms with Gasteiger partial charge in [0.2, 0.25) is 5.91 Å². The van der Waals surface area contributed by atoms with Crippen LogP contribution in [0.1, 0.15) is 36.8 Å². The maximum absolute atomic E-state index is 12.4. The van der Waals surface area contributed by atoms with E-state index in [2.05, 4.69) is 10.3 Å². The topological polar surface area (TPSA) is 54.5 Å². The van der Waals surface area contributed by atoms with Crippen molar-refractivity contribution in [3.05, 3.63) is 16.6 Å². The van der Waals surface area contributed by atoms with Gasteiger partial charge in [-0.25, -0.2) is 4.98 Å². The average Bonchev–Trinajstić information content (AvgIpc) is 3.08. The van der Waals surface area contributed by atoms with Crippen LogP contribution in [0.4, 0.5) is 0 Å². The molecule has 3 heterocycles. The predicted molar refractivity (Wildman–Crippen MR) is 96.7 cm³/mol. The monoisotopic (exact) mass is 381 g/mol. The highest BCUT2D eigenvalue weighted by molar-refractivity contribution is 7.09. The van der Waals surface area contributed by atoms with Crippen molar-refractivity contribution < 1.29 is 9.53 Å².